The minimum atomic E-state index is -1.01. The molecular weight excluding hydrogens is 540 g/mol. The van der Waals surface area contributed by atoms with E-state index in [1.54, 1.807) is 0 Å². The maximum absolute atomic E-state index is 15.7. The highest BCUT2D eigenvalue weighted by atomic mass is 32.2. The number of amides is 1. The number of carbonyl (C=O) groups excluding carboxylic acids is 2. The number of nitrogens with zero attached hydrogens (tertiary/aromatic N) is 1. The molecule has 1 unspecified atom stereocenters. The highest BCUT2D eigenvalue weighted by molar-refractivity contribution is 7.99. The van der Waals surface area contributed by atoms with E-state index in [9.17, 15) is 9.90 Å². The zero-order valence-electron chi connectivity index (χ0n) is 23.9. The molecule has 1 amide bonds. The Morgan fingerprint density at radius 1 is 1.00 bits per heavy atom. The summed E-state index contributed by atoms with van der Waals surface area (Å²) in [6, 6.07) is 24.9. The number of Topliss-reactive ketones (excluding diaryl/α,β-unsaturated/α-hetero) is 1. The fourth-order valence-corrected chi connectivity index (χ4v) is 12.4. The number of phenols is 1. The van der Waals surface area contributed by atoms with Gasteiger partial charge in [-0.25, -0.2) is 0 Å². The molecule has 3 heterocycles. The Morgan fingerprint density at radius 3 is 2.67 bits per heavy atom. The molecule has 2 saturated heterocycles. The van der Waals surface area contributed by atoms with Crippen molar-refractivity contribution in [3.63, 3.8) is 0 Å². The predicted molar refractivity (Wildman–Crippen MR) is 164 cm³/mol. The topological polar surface area (TPSA) is 69.6 Å². The number of para-hydroxylation sites is 1. The maximum Gasteiger partial charge on any atom is 0.250 e. The number of hydrogen-bond donors (Lipinski definition) is 2. The molecule has 2 saturated carbocycles. The monoisotopic (exact) mass is 576 g/mol. The molecule has 214 valence electrons. The number of fused-ring (bicyclic) bond motifs is 10. The van der Waals surface area contributed by atoms with Crippen molar-refractivity contribution in [2.75, 3.05) is 16.9 Å². The van der Waals surface area contributed by atoms with Gasteiger partial charge in [-0.3, -0.25) is 14.5 Å². The number of phenolic OH excluding ortho intramolecular Hbond substituents is 1. The number of hydrogen-bond acceptors (Lipinski definition) is 5. The van der Waals surface area contributed by atoms with Gasteiger partial charge in [0, 0.05) is 40.3 Å². The van der Waals surface area contributed by atoms with Crippen LogP contribution in [0.2, 0.25) is 0 Å². The second-order valence-electron chi connectivity index (χ2n) is 13.9. The molecule has 0 bridgehead atoms. The highest BCUT2D eigenvalue weighted by Gasteiger charge is 2.82. The zero-order chi connectivity index (χ0) is 28.4. The molecule has 3 aliphatic heterocycles. The molecule has 3 aromatic rings. The number of aryl methyl sites for hydroxylation is 1. The van der Waals surface area contributed by atoms with Crippen molar-refractivity contribution in [3.8, 4) is 5.75 Å². The van der Waals surface area contributed by atoms with Crippen molar-refractivity contribution in [1.29, 1.82) is 0 Å². The molecule has 3 aliphatic carbocycles. The normalized spacial score (nSPS) is 39.6. The molecule has 4 fully saturated rings. The van der Waals surface area contributed by atoms with Crippen LogP contribution in [0.25, 0.3) is 0 Å². The predicted octanol–water partition coefficient (Wildman–Crippen LogP) is 6.43. The van der Waals surface area contributed by atoms with Crippen molar-refractivity contribution >= 4 is 29.1 Å². The standard InChI is InChI=1S/C36H36N2O3S/c1-34-16-15-25-24-14-12-23(39)17-22(24)11-13-26(25)28(34)18-35(32(34)40)31(21-7-3-2-4-8-21)30-19-42-20-38(30)36(35)27-9-5-6-10-29(27)37-33(36)41/h2-10,12,14,17,25-26,28,30-31,39H,11,13,15-16,18-20H2,1H3,(H,37,41)/t25-,26-,28+,30?,31+,34+,35+,36-/m1/s1. The molecule has 6 aliphatic rings. The first-order valence-corrected chi connectivity index (χ1v) is 16.7. The van der Waals surface area contributed by atoms with Gasteiger partial charge in [0.2, 0.25) is 0 Å². The van der Waals surface area contributed by atoms with Gasteiger partial charge in [-0.05, 0) is 84.7 Å². The summed E-state index contributed by atoms with van der Waals surface area (Å²) in [6.07, 6.45) is 4.53. The fraction of sp³-hybridized carbons (Fsp3) is 0.444. The third-order valence-corrected chi connectivity index (χ3v) is 13.6. The van der Waals surface area contributed by atoms with E-state index in [0.717, 1.165) is 55.0 Å². The van der Waals surface area contributed by atoms with Gasteiger partial charge in [0.15, 0.2) is 0 Å². The summed E-state index contributed by atoms with van der Waals surface area (Å²) < 4.78 is 0. The highest BCUT2D eigenvalue weighted by Crippen LogP contribution is 2.76. The molecule has 8 atom stereocenters. The summed E-state index contributed by atoms with van der Waals surface area (Å²) in [5.41, 5.74) is 3.35. The van der Waals surface area contributed by atoms with E-state index in [0.29, 0.717) is 23.4 Å². The lowest BCUT2D eigenvalue weighted by Crippen LogP contribution is -2.59. The van der Waals surface area contributed by atoms with Gasteiger partial charge in [-0.15, -0.1) is 11.8 Å². The number of carbonyl (C=O) groups is 2. The van der Waals surface area contributed by atoms with Gasteiger partial charge in [-0.1, -0.05) is 61.5 Å². The first-order valence-electron chi connectivity index (χ1n) is 15.6. The Hall–Kier alpha value is -3.09. The first-order chi connectivity index (χ1) is 20.4. The van der Waals surface area contributed by atoms with Crippen LogP contribution in [0.3, 0.4) is 0 Å². The number of aromatic hydroxyl groups is 1. The molecular formula is C36H36N2O3S. The zero-order valence-corrected chi connectivity index (χ0v) is 24.7. The summed E-state index contributed by atoms with van der Waals surface area (Å²) in [4.78, 5) is 32.9. The smallest absolute Gasteiger partial charge is 0.250 e. The summed E-state index contributed by atoms with van der Waals surface area (Å²) in [5.74, 6) is 3.29. The Kier molecular flexibility index (Phi) is 5.15. The van der Waals surface area contributed by atoms with Crippen LogP contribution in [0.5, 0.6) is 5.75 Å². The molecule has 2 spiro atoms. The van der Waals surface area contributed by atoms with Gasteiger partial charge >= 0.3 is 0 Å². The molecule has 5 nitrogen and oxygen atoms in total. The molecule has 0 radical (unpaired) electrons. The van der Waals surface area contributed by atoms with Crippen molar-refractivity contribution in [2.45, 2.75) is 62.4 Å². The first kappa shape index (κ1) is 25.4. The quantitative estimate of drug-likeness (QED) is 0.349. The lowest BCUT2D eigenvalue weighted by Gasteiger charge is -2.48. The summed E-state index contributed by atoms with van der Waals surface area (Å²) in [6.45, 7) is 2.25. The minimum Gasteiger partial charge on any atom is -0.508 e. The van der Waals surface area contributed by atoms with Crippen LogP contribution in [-0.2, 0) is 21.5 Å². The Labute approximate surface area is 251 Å². The van der Waals surface area contributed by atoms with Crippen molar-refractivity contribution < 1.29 is 14.7 Å². The van der Waals surface area contributed by atoms with Crippen LogP contribution >= 0.6 is 11.8 Å². The van der Waals surface area contributed by atoms with Crippen LogP contribution < -0.4 is 5.32 Å². The number of thioether (sulfide) groups is 1. The van der Waals surface area contributed by atoms with Crippen molar-refractivity contribution in [2.24, 2.45) is 22.7 Å². The van der Waals surface area contributed by atoms with Crippen molar-refractivity contribution in [3.05, 3.63) is 95.1 Å². The molecule has 2 N–H and O–H groups in total. The Balaban J connectivity index is 1.28. The maximum atomic E-state index is 15.7. The van der Waals surface area contributed by atoms with E-state index in [2.05, 4.69) is 59.6 Å². The fourth-order valence-electron chi connectivity index (χ4n) is 11.1. The van der Waals surface area contributed by atoms with Gasteiger partial charge < -0.3 is 10.4 Å². The summed E-state index contributed by atoms with van der Waals surface area (Å²) >= 11 is 1.90. The number of benzene rings is 3. The van der Waals surface area contributed by atoms with E-state index < -0.39 is 16.4 Å². The van der Waals surface area contributed by atoms with Crippen LogP contribution in [0.4, 0.5) is 5.69 Å². The second-order valence-corrected chi connectivity index (χ2v) is 14.9. The number of nitrogens with one attached hydrogen (secondary N) is 1. The van der Waals surface area contributed by atoms with Crippen LogP contribution in [0, 0.1) is 22.7 Å². The SMILES string of the molecule is C[C@]12CC[C@@H]3c4ccc(O)cc4CC[C@H]3[C@@H]1C[C@@]1(C2=O)[C@@H](c2ccccc2)C2CSCN2[C@]12C(=O)Nc1ccccc12. The lowest BCUT2D eigenvalue weighted by atomic mass is 9.55. The lowest BCUT2D eigenvalue weighted by molar-refractivity contribution is -0.147. The molecule has 42 heavy (non-hydrogen) atoms. The molecule has 0 aromatic heterocycles. The van der Waals surface area contributed by atoms with E-state index in [-0.39, 0.29) is 23.8 Å². The third-order valence-electron chi connectivity index (χ3n) is 12.5. The van der Waals surface area contributed by atoms with Gasteiger partial charge in [0.1, 0.15) is 17.1 Å². The summed E-state index contributed by atoms with van der Waals surface area (Å²) in [7, 11) is 0. The van der Waals surface area contributed by atoms with E-state index in [1.807, 2.05) is 42.1 Å². The number of ketones is 1. The minimum absolute atomic E-state index is 0.00811. The molecule has 3 aromatic carbocycles. The number of anilines is 1. The molecule has 6 heteroatoms. The third kappa shape index (κ3) is 2.82. The average molecular weight is 577 g/mol. The van der Waals surface area contributed by atoms with E-state index in [4.69, 9.17) is 0 Å². The van der Waals surface area contributed by atoms with Crippen LogP contribution in [-0.4, -0.2) is 39.4 Å². The Morgan fingerprint density at radius 2 is 1.81 bits per heavy atom. The van der Waals surface area contributed by atoms with Crippen molar-refractivity contribution in [1.82, 2.24) is 4.90 Å². The largest absolute Gasteiger partial charge is 0.508 e. The Bertz CT molecular complexity index is 1660. The average Bonchev–Trinajstić information content (AvgIpc) is 3.71. The van der Waals surface area contributed by atoms with E-state index >= 15 is 4.79 Å². The van der Waals surface area contributed by atoms with Gasteiger partial charge in [-0.2, -0.15) is 0 Å². The van der Waals surface area contributed by atoms with Crippen LogP contribution in [0.1, 0.15) is 66.7 Å². The van der Waals surface area contributed by atoms with Crippen LogP contribution in [0.15, 0.2) is 72.8 Å². The second kappa shape index (κ2) is 8.51. The van der Waals surface area contributed by atoms with E-state index in [1.165, 1.54) is 16.7 Å². The summed E-state index contributed by atoms with van der Waals surface area (Å²) in [5, 5.41) is 13.5. The molecule has 9 rings (SSSR count). The number of rotatable bonds is 1. The van der Waals surface area contributed by atoms with Gasteiger partial charge in [0.05, 0.1) is 5.41 Å². The van der Waals surface area contributed by atoms with Gasteiger partial charge in [0.25, 0.3) is 5.91 Å².